The first-order chi connectivity index (χ1) is 25.0. The summed E-state index contributed by atoms with van der Waals surface area (Å²) in [6.45, 7) is 3.78. The number of hydrogen-bond acceptors (Lipinski definition) is 7. The summed E-state index contributed by atoms with van der Waals surface area (Å²) in [5.41, 5.74) is 1.93. The Hall–Kier alpha value is -5.48. The Balaban J connectivity index is 1.20. The minimum atomic E-state index is -1.41. The molecule has 0 radical (unpaired) electrons. The second-order valence-corrected chi connectivity index (χ2v) is 14.3. The highest BCUT2D eigenvalue weighted by Crippen LogP contribution is 2.65. The van der Waals surface area contributed by atoms with Crippen molar-refractivity contribution in [1.82, 2.24) is 0 Å². The number of amides is 4. The van der Waals surface area contributed by atoms with Gasteiger partial charge in [-0.1, -0.05) is 53.6 Å². The lowest BCUT2D eigenvalue weighted by molar-refractivity contribution is -0.131. The molecule has 6 atom stereocenters. The lowest BCUT2D eigenvalue weighted by Crippen LogP contribution is -2.48. The zero-order valence-corrected chi connectivity index (χ0v) is 29.1. The monoisotopic (exact) mass is 719 g/mol. The van der Waals surface area contributed by atoms with E-state index in [9.17, 15) is 28.7 Å². The minimum absolute atomic E-state index is 0.120. The number of anilines is 4. The van der Waals surface area contributed by atoms with Gasteiger partial charge >= 0.3 is 0 Å². The number of ether oxygens (including phenoxy) is 1. The van der Waals surface area contributed by atoms with E-state index < -0.39 is 52.6 Å². The van der Waals surface area contributed by atoms with Gasteiger partial charge in [0, 0.05) is 22.9 Å². The summed E-state index contributed by atoms with van der Waals surface area (Å²) in [5, 5.41) is 14.7. The Morgan fingerprint density at radius 1 is 0.865 bits per heavy atom. The number of carbonyl (C=O) groups is 4. The number of nitrogens with zero attached hydrogens (tertiary/aromatic N) is 2. The third-order valence-electron chi connectivity index (χ3n) is 11.3. The highest BCUT2D eigenvalue weighted by Gasteiger charge is 2.68. The van der Waals surface area contributed by atoms with Crippen molar-refractivity contribution in [3.05, 3.63) is 119 Å². The molecule has 9 nitrogen and oxygen atoms in total. The summed E-state index contributed by atoms with van der Waals surface area (Å²) in [4.78, 5) is 59.9. The smallest absolute Gasteiger partial charge is 0.241 e. The lowest BCUT2D eigenvalue weighted by atomic mass is 9.51. The number of halogens is 2. The molecule has 4 amide bonds. The second kappa shape index (κ2) is 12.6. The lowest BCUT2D eigenvalue weighted by Gasteiger charge is -2.49. The molecule has 4 aliphatic rings. The van der Waals surface area contributed by atoms with E-state index in [4.69, 9.17) is 16.3 Å². The van der Waals surface area contributed by atoms with Crippen molar-refractivity contribution in [2.24, 2.45) is 29.1 Å². The van der Waals surface area contributed by atoms with Crippen molar-refractivity contribution >= 4 is 58.0 Å². The minimum Gasteiger partial charge on any atom is -0.504 e. The zero-order chi connectivity index (χ0) is 36.5. The van der Waals surface area contributed by atoms with E-state index in [1.807, 2.05) is 48.5 Å². The molecule has 1 saturated carbocycles. The van der Waals surface area contributed by atoms with Crippen LogP contribution in [0.2, 0.25) is 5.02 Å². The first-order valence-electron chi connectivity index (χ1n) is 17.3. The molecule has 2 aliphatic heterocycles. The maximum atomic E-state index is 14.7. The number of nitrogens with one attached hydrogen (secondary N) is 1. The third kappa shape index (κ3) is 5.03. The predicted octanol–water partition coefficient (Wildman–Crippen LogP) is 7.76. The molecular weight excluding hydrogens is 685 g/mol. The van der Waals surface area contributed by atoms with Crippen LogP contribution in [0.15, 0.2) is 103 Å². The molecule has 2 N–H and O–H groups in total. The number of allylic oxidation sites excluding steroid dienone is 2. The highest BCUT2D eigenvalue weighted by atomic mass is 35.5. The van der Waals surface area contributed by atoms with E-state index in [0.29, 0.717) is 11.3 Å². The summed E-state index contributed by atoms with van der Waals surface area (Å²) in [6.07, 6.45) is 2.28. The maximum absolute atomic E-state index is 14.7. The van der Waals surface area contributed by atoms with Gasteiger partial charge < -0.3 is 15.2 Å². The van der Waals surface area contributed by atoms with Gasteiger partial charge in [0.25, 0.3) is 0 Å². The van der Waals surface area contributed by atoms with Crippen LogP contribution in [-0.2, 0) is 19.2 Å². The molecule has 2 saturated heterocycles. The fraction of sp³-hybridized carbons (Fsp3) is 0.268. The number of aromatic hydroxyl groups is 1. The van der Waals surface area contributed by atoms with Crippen LogP contribution in [-0.4, -0.2) is 35.3 Å². The molecule has 2 aliphatic carbocycles. The third-order valence-corrected chi connectivity index (χ3v) is 11.6. The van der Waals surface area contributed by atoms with Crippen LogP contribution in [0, 0.1) is 34.9 Å². The number of rotatable bonds is 7. The van der Waals surface area contributed by atoms with E-state index in [2.05, 4.69) is 5.32 Å². The maximum Gasteiger partial charge on any atom is 0.241 e. The van der Waals surface area contributed by atoms with Crippen LogP contribution in [0.4, 0.5) is 27.1 Å². The van der Waals surface area contributed by atoms with Crippen molar-refractivity contribution in [2.45, 2.75) is 32.6 Å². The topological polar surface area (TPSA) is 116 Å². The molecule has 4 aromatic rings. The summed E-state index contributed by atoms with van der Waals surface area (Å²) in [6, 6.07) is 25.4. The van der Waals surface area contributed by atoms with E-state index in [0.717, 1.165) is 27.9 Å². The Morgan fingerprint density at radius 3 is 2.29 bits per heavy atom. The average Bonchev–Trinajstić information content (AvgIpc) is 3.51. The number of imide groups is 2. The quantitative estimate of drug-likeness (QED) is 0.148. The first-order valence-corrected chi connectivity index (χ1v) is 17.7. The molecule has 11 heteroatoms. The summed E-state index contributed by atoms with van der Waals surface area (Å²) >= 11 is 6.11. The molecule has 52 heavy (non-hydrogen) atoms. The number of fused-ring (bicyclic) bond motifs is 4. The largest absolute Gasteiger partial charge is 0.504 e. The van der Waals surface area contributed by atoms with Crippen LogP contribution in [0.25, 0.3) is 0 Å². The van der Waals surface area contributed by atoms with Gasteiger partial charge in [-0.05, 0) is 93.3 Å². The van der Waals surface area contributed by atoms with Crippen LogP contribution in [0.5, 0.6) is 11.5 Å². The number of hydrogen-bond donors (Lipinski definition) is 2. The van der Waals surface area contributed by atoms with Gasteiger partial charge in [0.15, 0.2) is 11.5 Å². The number of phenolic OH excluding ortho intramolecular Hbond substituents is 1. The van der Waals surface area contributed by atoms with Gasteiger partial charge in [-0.15, -0.1) is 0 Å². The summed E-state index contributed by atoms with van der Waals surface area (Å²) < 4.78 is 19.9. The number of phenols is 1. The van der Waals surface area contributed by atoms with E-state index in [1.54, 1.807) is 44.2 Å². The molecule has 0 spiro atoms. The molecule has 0 aromatic heterocycles. The predicted molar refractivity (Wildman–Crippen MR) is 194 cm³/mol. The average molecular weight is 720 g/mol. The first kappa shape index (κ1) is 33.7. The van der Waals surface area contributed by atoms with Crippen LogP contribution >= 0.6 is 11.6 Å². The molecule has 0 bridgehead atoms. The molecule has 264 valence electrons. The molecule has 4 aromatic carbocycles. The Bertz CT molecular complexity index is 2170. The van der Waals surface area contributed by atoms with Crippen molar-refractivity contribution in [3.8, 4) is 11.5 Å². The molecule has 3 fully saturated rings. The number of para-hydroxylation sites is 2. The zero-order valence-electron chi connectivity index (χ0n) is 28.4. The van der Waals surface area contributed by atoms with E-state index >= 15 is 0 Å². The second-order valence-electron chi connectivity index (χ2n) is 13.9. The van der Waals surface area contributed by atoms with Crippen LogP contribution in [0.3, 0.4) is 0 Å². The van der Waals surface area contributed by atoms with Gasteiger partial charge in [0.1, 0.15) is 5.82 Å². The van der Waals surface area contributed by atoms with Gasteiger partial charge in [-0.25, -0.2) is 9.29 Å². The Morgan fingerprint density at radius 2 is 1.58 bits per heavy atom. The van der Waals surface area contributed by atoms with Gasteiger partial charge in [0.2, 0.25) is 23.6 Å². The molecule has 0 unspecified atom stereocenters. The highest BCUT2D eigenvalue weighted by molar-refractivity contribution is 6.32. The van der Waals surface area contributed by atoms with Crippen molar-refractivity contribution < 1.29 is 33.4 Å². The van der Waals surface area contributed by atoms with E-state index in [-0.39, 0.29) is 53.5 Å². The molecule has 8 rings (SSSR count). The van der Waals surface area contributed by atoms with Gasteiger partial charge in [0.05, 0.1) is 46.2 Å². The van der Waals surface area contributed by atoms with Crippen molar-refractivity contribution in [1.29, 1.82) is 0 Å². The normalized spacial score (nSPS) is 26.5. The van der Waals surface area contributed by atoms with Gasteiger partial charge in [-0.2, -0.15) is 0 Å². The van der Waals surface area contributed by atoms with Crippen LogP contribution < -0.4 is 19.9 Å². The van der Waals surface area contributed by atoms with Gasteiger partial charge in [-0.3, -0.25) is 24.1 Å². The van der Waals surface area contributed by atoms with E-state index in [1.165, 1.54) is 17.0 Å². The Labute approximate surface area is 304 Å². The molecule has 2 heterocycles. The number of carbonyl (C=O) groups excluding carboxylic acids is 4. The fourth-order valence-corrected chi connectivity index (χ4v) is 9.09. The summed E-state index contributed by atoms with van der Waals surface area (Å²) in [5.74, 6) is -6.23. The van der Waals surface area contributed by atoms with Crippen molar-refractivity contribution in [2.75, 3.05) is 21.7 Å². The fourth-order valence-electron chi connectivity index (χ4n) is 8.91. The Kier molecular flexibility index (Phi) is 8.17. The standard InChI is InChI=1S/C41H35ClFN3O6/c1-3-52-33-11-7-10-28(36(33)47)35-26-17-18-27-34(39(50)45(37(27)48)24-14-12-23(13-15-24)44-22-8-5-4-6-9-22)29(26)21-30-38(49)46(40(51)41(30,35)2)25-16-19-32(43)31(42)20-25/h4-17,19-20,27,29-30,34-35,44,47H,3,18,21H2,1-2H3/t27-,29+,30-,34-,35+,41+/m0/s1. The summed E-state index contributed by atoms with van der Waals surface area (Å²) in [7, 11) is 0. The van der Waals surface area contributed by atoms with Crippen LogP contribution in [0.1, 0.15) is 38.2 Å². The number of benzene rings is 4. The molecular formula is C41H35ClFN3O6. The SMILES string of the molecule is CCOc1cccc([C@H]2C3=CC[C@@H]4C(=O)N(c5ccc(Nc6ccccc6)cc5)C(=O)[C@@H]4[C@@H]3C[C@H]3C(=O)N(c4ccc(F)c(Cl)c4)C(=O)[C@@]23C)c1O. The van der Waals surface area contributed by atoms with Crippen molar-refractivity contribution in [3.63, 3.8) is 0 Å².